The Morgan fingerprint density at radius 2 is 2.00 bits per heavy atom. The first kappa shape index (κ1) is 13.2. The van der Waals surface area contributed by atoms with Gasteiger partial charge in [0.05, 0.1) is 0 Å². The monoisotopic (exact) mass is 212 g/mol. The third-order valence-corrected chi connectivity index (χ3v) is 1.05. The van der Waals surface area contributed by atoms with Crippen LogP contribution in [0.2, 0.25) is 0 Å². The van der Waals surface area contributed by atoms with E-state index in [0.717, 1.165) is 6.21 Å². The van der Waals surface area contributed by atoms with Crippen molar-refractivity contribution in [1.82, 2.24) is 10.6 Å². The molecule has 6 heteroatoms. The van der Waals surface area contributed by atoms with Gasteiger partial charge in [0.1, 0.15) is 5.60 Å². The van der Waals surface area contributed by atoms with Crippen LogP contribution in [0.15, 0.2) is 12.3 Å². The number of allylic oxidation sites excluding steroid dienone is 1. The molecule has 0 rings (SSSR count). The van der Waals surface area contributed by atoms with Crippen LogP contribution in [0.1, 0.15) is 20.8 Å². The van der Waals surface area contributed by atoms with E-state index in [9.17, 15) is 4.79 Å². The second-order valence-electron chi connectivity index (χ2n) is 3.67. The molecule has 4 N–H and O–H groups in total. The summed E-state index contributed by atoms with van der Waals surface area (Å²) in [6.45, 7) is 5.20. The molecular formula is C9H16N4O2. The van der Waals surface area contributed by atoms with E-state index >= 15 is 0 Å². The van der Waals surface area contributed by atoms with Crippen molar-refractivity contribution in [1.29, 1.82) is 10.8 Å². The molecule has 0 aromatic rings. The number of alkyl carbamates (subject to hydrolysis) is 1. The molecule has 0 aromatic heterocycles. The summed E-state index contributed by atoms with van der Waals surface area (Å²) < 4.78 is 4.91. The molecule has 0 aliphatic heterocycles. The van der Waals surface area contributed by atoms with Crippen molar-refractivity contribution in [3.8, 4) is 0 Å². The molecule has 0 aliphatic rings. The average molecular weight is 212 g/mol. The minimum Gasteiger partial charge on any atom is -0.444 e. The quantitative estimate of drug-likeness (QED) is 0.409. The summed E-state index contributed by atoms with van der Waals surface area (Å²) >= 11 is 0. The summed E-state index contributed by atoms with van der Waals surface area (Å²) in [5, 5.41) is 18.5. The van der Waals surface area contributed by atoms with Crippen molar-refractivity contribution < 1.29 is 9.53 Å². The molecule has 0 spiro atoms. The van der Waals surface area contributed by atoms with Crippen molar-refractivity contribution in [3.05, 3.63) is 12.3 Å². The third-order valence-electron chi connectivity index (χ3n) is 1.05. The Balaban J connectivity index is 3.92. The lowest BCUT2D eigenvalue weighted by atomic mass is 10.2. The molecule has 15 heavy (non-hydrogen) atoms. The number of ether oxygens (including phenoxy) is 1. The first-order valence-electron chi connectivity index (χ1n) is 4.36. The molecule has 0 radical (unpaired) electrons. The second kappa shape index (κ2) is 5.79. The minimum atomic E-state index is -0.691. The van der Waals surface area contributed by atoms with Crippen LogP contribution in [-0.4, -0.2) is 23.9 Å². The maximum Gasteiger partial charge on any atom is 0.414 e. The number of rotatable bonds is 2. The Kier molecular flexibility index (Phi) is 5.08. The highest BCUT2D eigenvalue weighted by Crippen LogP contribution is 2.05. The van der Waals surface area contributed by atoms with Crippen molar-refractivity contribution in [3.63, 3.8) is 0 Å². The largest absolute Gasteiger partial charge is 0.444 e. The van der Waals surface area contributed by atoms with E-state index in [1.54, 1.807) is 20.8 Å². The fourth-order valence-electron chi connectivity index (χ4n) is 0.621. The van der Waals surface area contributed by atoms with Crippen LogP contribution >= 0.6 is 0 Å². The molecule has 0 heterocycles. The fraction of sp³-hybridized carbons (Fsp3) is 0.444. The molecule has 6 nitrogen and oxygen atoms in total. The van der Waals surface area contributed by atoms with Gasteiger partial charge >= 0.3 is 6.09 Å². The van der Waals surface area contributed by atoms with Crippen LogP contribution in [-0.2, 0) is 4.74 Å². The van der Waals surface area contributed by atoms with Gasteiger partial charge in [-0.2, -0.15) is 0 Å². The molecule has 84 valence electrons. The van der Waals surface area contributed by atoms with Gasteiger partial charge in [0.25, 0.3) is 0 Å². The van der Waals surface area contributed by atoms with E-state index < -0.39 is 11.7 Å². The predicted octanol–water partition coefficient (Wildman–Crippen LogP) is 1.20. The number of carbonyl (C=O) groups excluding carboxylic acids is 1. The molecule has 0 fully saturated rings. The topological polar surface area (TPSA) is 98.1 Å². The summed E-state index contributed by atoms with van der Waals surface area (Å²) in [5.74, 6) is -0.206. The van der Waals surface area contributed by atoms with E-state index in [0.29, 0.717) is 0 Å². The Morgan fingerprint density at radius 3 is 2.47 bits per heavy atom. The van der Waals surface area contributed by atoms with Gasteiger partial charge in [0, 0.05) is 12.4 Å². The lowest BCUT2D eigenvalue weighted by molar-refractivity contribution is 0.0561. The molecular weight excluding hydrogens is 196 g/mol. The Bertz CT molecular complexity index is 278. The van der Waals surface area contributed by atoms with Crippen LogP contribution in [0.5, 0.6) is 0 Å². The fourth-order valence-corrected chi connectivity index (χ4v) is 0.621. The van der Waals surface area contributed by atoms with E-state index in [4.69, 9.17) is 15.6 Å². The zero-order chi connectivity index (χ0) is 11.9. The van der Waals surface area contributed by atoms with Crippen LogP contribution < -0.4 is 10.6 Å². The summed E-state index contributed by atoms with van der Waals surface area (Å²) in [4.78, 5) is 11.1. The van der Waals surface area contributed by atoms with Crippen LogP contribution in [0.4, 0.5) is 4.79 Å². The van der Waals surface area contributed by atoms with E-state index in [1.165, 1.54) is 12.3 Å². The van der Waals surface area contributed by atoms with Crippen LogP contribution in [0.3, 0.4) is 0 Å². The van der Waals surface area contributed by atoms with Gasteiger partial charge in [-0.25, -0.2) is 4.79 Å². The smallest absolute Gasteiger partial charge is 0.414 e. The highest BCUT2D eigenvalue weighted by Gasteiger charge is 2.16. The Morgan fingerprint density at radius 1 is 1.40 bits per heavy atom. The highest BCUT2D eigenvalue weighted by atomic mass is 16.6. The molecule has 1 amide bonds. The predicted molar refractivity (Wildman–Crippen MR) is 58.2 cm³/mol. The van der Waals surface area contributed by atoms with Gasteiger partial charge in [-0.15, -0.1) is 0 Å². The van der Waals surface area contributed by atoms with E-state index in [1.807, 2.05) is 0 Å². The lowest BCUT2D eigenvalue weighted by Gasteiger charge is -2.19. The SMILES string of the molecule is CC(C)(C)OC(=O)NC(=N)N/C=C\C=N. The van der Waals surface area contributed by atoms with Gasteiger partial charge in [0.2, 0.25) is 5.96 Å². The number of hydrogen-bond donors (Lipinski definition) is 4. The summed E-state index contributed by atoms with van der Waals surface area (Å²) in [7, 11) is 0. The van der Waals surface area contributed by atoms with Gasteiger partial charge in [0.15, 0.2) is 0 Å². The molecule has 0 unspecified atom stereocenters. The van der Waals surface area contributed by atoms with E-state index in [2.05, 4.69) is 10.6 Å². The normalized spacial score (nSPS) is 10.9. The Hall–Kier alpha value is -1.85. The molecule has 0 saturated heterocycles. The maximum atomic E-state index is 11.1. The van der Waals surface area contributed by atoms with Crippen molar-refractivity contribution in [2.75, 3.05) is 0 Å². The van der Waals surface area contributed by atoms with Crippen molar-refractivity contribution in [2.45, 2.75) is 26.4 Å². The standard InChI is InChI=1S/C9H16N4O2/c1-9(2,3)15-8(14)13-7(11)12-6-4-5-10/h4-6,10H,1-3H3,(H3,11,12,13,14)/b6-4-,10-5?. The third kappa shape index (κ3) is 8.48. The Labute approximate surface area is 88.7 Å². The van der Waals surface area contributed by atoms with Crippen LogP contribution in [0.25, 0.3) is 0 Å². The zero-order valence-electron chi connectivity index (χ0n) is 9.05. The lowest BCUT2D eigenvalue weighted by Crippen LogP contribution is -2.41. The number of carbonyl (C=O) groups is 1. The average Bonchev–Trinajstić information content (AvgIpc) is 2.00. The molecule has 0 saturated carbocycles. The first-order chi connectivity index (χ1) is 6.85. The number of amides is 1. The zero-order valence-corrected chi connectivity index (χ0v) is 9.05. The van der Waals surface area contributed by atoms with Gasteiger partial charge in [-0.1, -0.05) is 0 Å². The summed E-state index contributed by atoms with van der Waals surface area (Å²) in [5.41, 5.74) is -0.588. The number of hydrogen-bond acceptors (Lipinski definition) is 4. The summed E-state index contributed by atoms with van der Waals surface area (Å²) in [6.07, 6.45) is 3.09. The number of guanidine groups is 1. The van der Waals surface area contributed by atoms with Gasteiger partial charge < -0.3 is 15.5 Å². The first-order valence-corrected chi connectivity index (χ1v) is 4.36. The van der Waals surface area contributed by atoms with Gasteiger partial charge in [-0.05, 0) is 26.8 Å². The minimum absolute atomic E-state index is 0.206. The summed E-state index contributed by atoms with van der Waals surface area (Å²) in [6, 6.07) is 0. The number of nitrogens with one attached hydrogen (secondary N) is 4. The second-order valence-corrected chi connectivity index (χ2v) is 3.67. The van der Waals surface area contributed by atoms with E-state index in [-0.39, 0.29) is 5.96 Å². The van der Waals surface area contributed by atoms with Gasteiger partial charge in [-0.3, -0.25) is 10.7 Å². The van der Waals surface area contributed by atoms with Crippen LogP contribution in [0, 0.1) is 10.8 Å². The molecule has 0 bridgehead atoms. The molecule has 0 aromatic carbocycles. The highest BCUT2D eigenvalue weighted by molar-refractivity contribution is 5.92. The molecule has 0 aliphatic carbocycles. The molecule has 0 atom stereocenters. The van der Waals surface area contributed by atoms with Crippen molar-refractivity contribution in [2.24, 2.45) is 0 Å². The maximum absolute atomic E-state index is 11.1. The van der Waals surface area contributed by atoms with Crippen molar-refractivity contribution >= 4 is 18.3 Å².